The van der Waals surface area contributed by atoms with Crippen LogP contribution in [0.15, 0.2) is 12.5 Å². The fraction of sp³-hybridized carbons (Fsp3) is 0. The Kier molecular flexibility index (Phi) is 1.76. The van der Waals surface area contributed by atoms with Crippen LogP contribution in [0.1, 0.15) is 0 Å². The minimum Gasteiger partial charge on any atom is -0.182 e. The monoisotopic (exact) mass is 168 g/mol. The Hall–Kier alpha value is -0.500. The van der Waals surface area contributed by atoms with Crippen molar-refractivity contribution in [1.29, 1.82) is 0 Å². The summed E-state index contributed by atoms with van der Waals surface area (Å²) in [5.74, 6) is -0.233. The molecule has 9 heavy (non-hydrogen) atoms. The van der Waals surface area contributed by atoms with Gasteiger partial charge >= 0.3 is 22.5 Å². The molecule has 0 radical (unpaired) electrons. The van der Waals surface area contributed by atoms with Crippen LogP contribution in [0.25, 0.3) is 0 Å². The summed E-state index contributed by atoms with van der Waals surface area (Å²) in [6.45, 7) is 3.12. The molecule has 0 spiro atoms. The van der Waals surface area contributed by atoms with Crippen LogP contribution in [0, 0.1) is 0 Å². The molecule has 2 atom stereocenters. The van der Waals surface area contributed by atoms with Crippen molar-refractivity contribution in [3.8, 4) is 0 Å². The van der Waals surface area contributed by atoms with Gasteiger partial charge in [0.25, 0.3) is 0 Å². The second kappa shape index (κ2) is 2.40. The van der Waals surface area contributed by atoms with Gasteiger partial charge in [0.15, 0.2) is 4.31 Å². The highest BCUT2D eigenvalue weighted by Gasteiger charge is 2.50. The van der Waals surface area contributed by atoms with Crippen molar-refractivity contribution in [2.24, 2.45) is 0 Å². The predicted octanol–water partition coefficient (Wildman–Crippen LogP) is 1.84. The van der Waals surface area contributed by atoms with Gasteiger partial charge in [0.2, 0.25) is 0 Å². The van der Waals surface area contributed by atoms with E-state index < -0.39 is 16.5 Å². The molecule has 1 rings (SSSR count). The van der Waals surface area contributed by atoms with E-state index >= 15 is 0 Å². The summed E-state index contributed by atoms with van der Waals surface area (Å²) < 4.78 is 33.1. The van der Waals surface area contributed by atoms with Crippen LogP contribution in [-0.4, -0.2) is 0 Å². The van der Waals surface area contributed by atoms with Crippen LogP contribution in [0.3, 0.4) is 0 Å². The van der Waals surface area contributed by atoms with E-state index in [1.54, 1.807) is 0 Å². The van der Waals surface area contributed by atoms with Crippen molar-refractivity contribution in [3.05, 3.63) is 12.5 Å². The summed E-state index contributed by atoms with van der Waals surface area (Å²) in [5, 5.41) is 0. The van der Waals surface area contributed by atoms with Crippen LogP contribution >= 0.6 is 16.5 Å². The van der Waals surface area contributed by atoms with Crippen LogP contribution < -0.4 is 0 Å². The van der Waals surface area contributed by atoms with Gasteiger partial charge in [-0.1, -0.05) is 0 Å². The molecule has 1 heterocycles. The van der Waals surface area contributed by atoms with E-state index in [0.717, 1.165) is 0 Å². The van der Waals surface area contributed by atoms with E-state index in [1.165, 1.54) is 0 Å². The molecule has 0 aromatic carbocycles. The van der Waals surface area contributed by atoms with E-state index in [2.05, 4.69) is 19.9 Å². The van der Waals surface area contributed by atoms with Crippen LogP contribution in [0.4, 0.5) is 0 Å². The van der Waals surface area contributed by atoms with E-state index in [4.69, 9.17) is 0 Å². The van der Waals surface area contributed by atoms with Gasteiger partial charge in [-0.05, 0) is 6.58 Å². The Bertz CT molecular complexity index is 140. The molecule has 0 amide bonds. The fourth-order valence-electron chi connectivity index (χ4n) is 0.271. The summed E-state index contributed by atoms with van der Waals surface area (Å²) in [5.41, 5.74) is 0. The predicted molar refractivity (Wildman–Crippen MR) is 27.6 cm³/mol. The van der Waals surface area contributed by atoms with Gasteiger partial charge in [0.1, 0.15) is 0 Å². The molecule has 1 aliphatic heterocycles. The Morgan fingerprint density at radius 3 is 2.00 bits per heavy atom. The van der Waals surface area contributed by atoms with Crippen molar-refractivity contribution < 1.29 is 22.5 Å². The fourth-order valence-corrected chi connectivity index (χ4v) is 1.44. The highest BCUT2D eigenvalue weighted by molar-refractivity contribution is 7.48. The van der Waals surface area contributed by atoms with Crippen molar-refractivity contribution in [1.82, 2.24) is 0 Å². The minimum absolute atomic E-state index is 0.233. The van der Waals surface area contributed by atoms with Gasteiger partial charge in [-0.15, -0.1) is 0 Å². The van der Waals surface area contributed by atoms with Crippen LogP contribution in [0.5, 0.6) is 0 Å². The summed E-state index contributed by atoms with van der Waals surface area (Å²) in [4.78, 5) is 0. The topological polar surface area (TPSA) is 61.8 Å². The SMILES string of the molecule is C=C1O[P+](=O)O[P+](=O)O1. The van der Waals surface area contributed by atoms with Gasteiger partial charge in [-0.2, -0.15) is 9.05 Å². The molecular weight excluding hydrogens is 166 g/mol. The quantitative estimate of drug-likeness (QED) is 0.516. The summed E-state index contributed by atoms with van der Waals surface area (Å²) in [6.07, 6.45) is 0. The first-order valence-corrected chi connectivity index (χ1v) is 4.05. The molecule has 2 unspecified atom stereocenters. The average Bonchev–Trinajstić information content (AvgIpc) is 1.59. The van der Waals surface area contributed by atoms with E-state index in [-0.39, 0.29) is 5.95 Å². The zero-order valence-corrected chi connectivity index (χ0v) is 5.93. The zero-order chi connectivity index (χ0) is 6.85. The van der Waals surface area contributed by atoms with E-state index in [9.17, 15) is 9.13 Å². The van der Waals surface area contributed by atoms with E-state index in [0.29, 0.717) is 0 Å². The lowest BCUT2D eigenvalue weighted by Crippen LogP contribution is -1.90. The van der Waals surface area contributed by atoms with Gasteiger partial charge in [-0.3, -0.25) is 0 Å². The molecule has 0 saturated carbocycles. The first-order valence-electron chi connectivity index (χ1n) is 1.86. The van der Waals surface area contributed by atoms with Crippen molar-refractivity contribution in [3.63, 3.8) is 0 Å². The zero-order valence-electron chi connectivity index (χ0n) is 4.14. The first kappa shape index (κ1) is 6.62. The lowest BCUT2D eigenvalue weighted by atomic mass is 11.1. The van der Waals surface area contributed by atoms with Crippen LogP contribution in [-0.2, 0) is 22.5 Å². The second-order valence-electron chi connectivity index (χ2n) is 1.08. The molecule has 0 aromatic rings. The Balaban J connectivity index is 2.64. The Labute approximate surface area is 52.5 Å². The summed E-state index contributed by atoms with van der Waals surface area (Å²) in [7, 11) is -4.66. The minimum atomic E-state index is -2.33. The first-order chi connectivity index (χ1) is 4.18. The lowest BCUT2D eigenvalue weighted by Gasteiger charge is -1.87. The summed E-state index contributed by atoms with van der Waals surface area (Å²) >= 11 is 0. The molecule has 0 aromatic heterocycles. The highest BCUT2D eigenvalue weighted by atomic mass is 31.2. The van der Waals surface area contributed by atoms with Gasteiger partial charge < -0.3 is 0 Å². The molecule has 0 aliphatic carbocycles. The van der Waals surface area contributed by atoms with Gasteiger partial charge in [0.05, 0.1) is 0 Å². The third kappa shape index (κ3) is 1.72. The highest BCUT2D eigenvalue weighted by Crippen LogP contribution is 2.48. The molecule has 1 aliphatic rings. The maximum absolute atomic E-state index is 10.3. The molecular formula is C2H2O5P2+2. The van der Waals surface area contributed by atoms with Gasteiger partial charge in [0, 0.05) is 9.13 Å². The number of hydrogen-bond acceptors (Lipinski definition) is 5. The Morgan fingerprint density at radius 2 is 1.67 bits per heavy atom. The van der Waals surface area contributed by atoms with Crippen molar-refractivity contribution in [2.45, 2.75) is 0 Å². The largest absolute Gasteiger partial charge is 0.804 e. The normalized spacial score (nSPS) is 26.9. The molecule has 48 valence electrons. The molecule has 5 nitrogen and oxygen atoms in total. The molecule has 0 N–H and O–H groups in total. The molecule has 1 saturated heterocycles. The third-order valence-electron chi connectivity index (χ3n) is 0.486. The average molecular weight is 168 g/mol. The van der Waals surface area contributed by atoms with Crippen molar-refractivity contribution in [2.75, 3.05) is 0 Å². The number of hydrogen-bond donors (Lipinski definition) is 0. The maximum Gasteiger partial charge on any atom is 0.804 e. The standard InChI is InChI=1S/C2H2O5P2/c1-2-5-8(3)7-9(4)6-2/h1H2/q+2. The maximum atomic E-state index is 10.3. The second-order valence-corrected chi connectivity index (χ2v) is 3.00. The van der Waals surface area contributed by atoms with Crippen molar-refractivity contribution >= 4 is 16.5 Å². The van der Waals surface area contributed by atoms with E-state index in [1.807, 2.05) is 0 Å². The van der Waals surface area contributed by atoms with Gasteiger partial charge in [-0.25, -0.2) is 0 Å². The molecule has 1 fully saturated rings. The van der Waals surface area contributed by atoms with Crippen LogP contribution in [0.2, 0.25) is 0 Å². The lowest BCUT2D eigenvalue weighted by molar-refractivity contribution is 0.179. The molecule has 7 heteroatoms. The summed E-state index contributed by atoms with van der Waals surface area (Å²) in [6, 6.07) is 0. The molecule has 0 bridgehead atoms. The third-order valence-corrected chi connectivity index (χ3v) is 2.26. The smallest absolute Gasteiger partial charge is 0.182 e. The Morgan fingerprint density at radius 1 is 1.22 bits per heavy atom. The number of rotatable bonds is 0.